The van der Waals surface area contributed by atoms with Crippen molar-refractivity contribution in [3.8, 4) is 0 Å². The molecule has 9 N–H and O–H groups in total. The van der Waals surface area contributed by atoms with Crippen LogP contribution < -0.4 is 0 Å². The first kappa shape index (κ1) is 216. The van der Waals surface area contributed by atoms with Gasteiger partial charge < -0.3 is 55.4 Å². The summed E-state index contributed by atoms with van der Waals surface area (Å²) in [5.74, 6) is 0. The zero-order valence-corrected chi connectivity index (χ0v) is 30.7. The Bertz CT molecular complexity index is 236. The Kier molecular flexibility index (Phi) is 915. The predicted octanol–water partition coefficient (Wildman–Crippen LogP) is 9.89. The molecule has 2 rings (SSSR count). The molecule has 348 valence electrons. The third-order valence-electron chi connectivity index (χ3n) is 2.63. The van der Waals surface area contributed by atoms with E-state index in [1.165, 1.54) is 0 Å². The summed E-state index contributed by atoms with van der Waals surface area (Å²) >= 11 is 0. The van der Waals surface area contributed by atoms with Gasteiger partial charge in [0.2, 0.25) is 0 Å². The van der Waals surface area contributed by atoms with Gasteiger partial charge in [0.05, 0.1) is 31.5 Å². The zero-order chi connectivity index (χ0) is 22.6. The van der Waals surface area contributed by atoms with Gasteiger partial charge in [-0.2, -0.15) is 0 Å². The van der Waals surface area contributed by atoms with E-state index in [4.69, 9.17) is 55.4 Å². The van der Waals surface area contributed by atoms with Crippen LogP contribution in [0.1, 0.15) is 181 Å². The Morgan fingerprint density at radius 3 is 0.615 bits per heavy atom. The van der Waals surface area contributed by atoms with Gasteiger partial charge in [-0.15, -0.1) is 0 Å². The second-order valence-electron chi connectivity index (χ2n) is 5.07. The summed E-state index contributed by atoms with van der Waals surface area (Å²) in [5, 5.41) is 70.4. The summed E-state index contributed by atoms with van der Waals surface area (Å²) in [6.45, 7) is 3.42. The van der Waals surface area contributed by atoms with Gasteiger partial charge in [-0.1, -0.05) is 149 Å². The van der Waals surface area contributed by atoms with Crippen LogP contribution in [-0.2, 0) is 140 Å². The van der Waals surface area contributed by atoms with E-state index in [-0.39, 0.29) is 312 Å². The fourth-order valence-corrected chi connectivity index (χ4v) is 1.20. The van der Waals surface area contributed by atoms with Gasteiger partial charge in [-0.05, 0) is 32.6 Å². The molecule has 2 fully saturated rings. The van der Waals surface area contributed by atoms with Crippen LogP contribution in [0.15, 0.2) is 0 Å². The molecule has 0 bridgehead atoms. The van der Waals surface area contributed by atoms with E-state index in [1.54, 1.807) is 6.92 Å². The van der Waals surface area contributed by atoms with Gasteiger partial charge in [0.1, 0.15) is 6.79 Å². The first-order chi connectivity index (χ1) is 13.5. The minimum Gasteiger partial charge on any atom is -0.400 e. The number of rotatable bonds is 8. The number of aliphatic hydroxyl groups is 9. The molecule has 2 saturated heterocycles. The molecule has 52 heavy (non-hydrogen) atoms. The van der Waals surface area contributed by atoms with Crippen molar-refractivity contribution < 1.29 is 186 Å². The van der Waals surface area contributed by atoms with Crippen molar-refractivity contribution in [1.29, 1.82) is 0 Å². The maximum Gasteiger partial charge on any atom is 0.140 e. The number of aliphatic hydroxyl groups excluding tert-OH is 8. The van der Waals surface area contributed by atoms with E-state index in [0.717, 1.165) is 33.2 Å². The summed E-state index contributed by atoms with van der Waals surface area (Å²) in [4.78, 5) is 0. The molecule has 11 nitrogen and oxygen atoms in total. The van der Waals surface area contributed by atoms with Crippen LogP contribution in [0.4, 0.5) is 0 Å². The Hall–Kier alpha value is 3.98. The first-order valence-electron chi connectivity index (χ1n) is 9.12. The Labute approximate surface area is 440 Å². The van der Waals surface area contributed by atoms with Crippen LogP contribution in [0.2, 0.25) is 0 Å². The molecule has 2 aliphatic rings. The molecule has 2 heterocycles. The minimum absolute atomic E-state index is 0. The van der Waals surface area contributed by atoms with Crippen LogP contribution in [0.5, 0.6) is 0 Å². The SMILES string of the molecule is C.C.C.C.C.C.C.C.C.C.C.C.C.C.C.C.C.C.C.C.CCO.CO.OCCC(O)CCO.OCCC1CO1.OCCC1CO1.OCO.[Y].[Y].[Y].[Y]. The topological polar surface area (TPSA) is 207 Å². The smallest absolute Gasteiger partial charge is 0.140 e. The standard InChI is InChI=1S/C5H12O3.2C4H8O2.C2H6O.CH4O2.CH4O.20CH4.4Y/c6-3-1-5(8)2-4-7;2*5-2-1-4-3-6-4;1-2-3;2-1-3;1-2;;;;;;;;;;;;;;;;;;;;;;;;/h5-8H,1-4H2;2*4-5H,1-3H2;3H,2H2,1H3;2-3H,1H2;2H,1H3;20*1H4;;;;. The van der Waals surface area contributed by atoms with E-state index < -0.39 is 12.9 Å². The monoisotopic (exact) mass is 1100 g/mol. The second kappa shape index (κ2) is 220. The molecule has 2 aliphatic heterocycles. The number of hydrogen-bond acceptors (Lipinski definition) is 11. The van der Waals surface area contributed by atoms with Crippen molar-refractivity contribution in [3.05, 3.63) is 0 Å². The molecule has 2 unspecified atom stereocenters. The third-order valence-corrected chi connectivity index (χ3v) is 2.63. The fraction of sp³-hybridized carbons (Fsp3) is 1.00. The Morgan fingerprint density at radius 2 is 0.558 bits per heavy atom. The van der Waals surface area contributed by atoms with Crippen molar-refractivity contribution in [1.82, 2.24) is 0 Å². The van der Waals surface area contributed by atoms with Crippen LogP contribution in [0.3, 0.4) is 0 Å². The molecule has 2 atom stereocenters. The Balaban J connectivity index is -0.00000000481. The minimum atomic E-state index is -0.750. The molecule has 0 saturated carbocycles. The second-order valence-corrected chi connectivity index (χ2v) is 5.07. The van der Waals surface area contributed by atoms with E-state index >= 15 is 0 Å². The quantitative estimate of drug-likeness (QED) is 0.0826. The first-order valence-corrected chi connectivity index (χ1v) is 9.12. The van der Waals surface area contributed by atoms with Gasteiger partial charge in [-0.3, -0.25) is 0 Å². The van der Waals surface area contributed by atoms with Gasteiger partial charge in [0.25, 0.3) is 0 Å². The zero-order valence-electron chi connectivity index (χ0n) is 19.4. The average Bonchev–Trinajstić information content (AvgIpc) is 3.57. The molecule has 0 aromatic heterocycles. The number of ether oxygens (including phenoxy) is 2. The summed E-state index contributed by atoms with van der Waals surface area (Å²) < 4.78 is 9.58. The largest absolute Gasteiger partial charge is 0.400 e. The van der Waals surface area contributed by atoms with Crippen LogP contribution in [0, 0.1) is 0 Å². The summed E-state index contributed by atoms with van der Waals surface area (Å²) in [6, 6.07) is 0. The fourth-order valence-electron chi connectivity index (χ4n) is 1.20. The average molecular weight is 1100 g/mol. The maximum atomic E-state index is 8.73. The van der Waals surface area contributed by atoms with Gasteiger partial charge >= 0.3 is 0 Å². The molecule has 0 aromatic rings. The summed E-state index contributed by atoms with van der Waals surface area (Å²) in [7, 11) is 1.00. The molecule has 0 spiro atoms. The third kappa shape index (κ3) is 314. The van der Waals surface area contributed by atoms with Crippen molar-refractivity contribution in [2.24, 2.45) is 0 Å². The van der Waals surface area contributed by atoms with Gasteiger partial charge in [0, 0.05) is 171 Å². The van der Waals surface area contributed by atoms with Gasteiger partial charge in [0.15, 0.2) is 0 Å². The maximum absolute atomic E-state index is 8.73. The molecule has 0 amide bonds. The van der Waals surface area contributed by atoms with E-state index in [9.17, 15) is 0 Å². The van der Waals surface area contributed by atoms with E-state index in [2.05, 4.69) is 0 Å². The molecular weight excluding hydrogens is 976 g/mol. The number of epoxide rings is 2. The summed E-state index contributed by atoms with van der Waals surface area (Å²) in [5.41, 5.74) is 0. The van der Waals surface area contributed by atoms with Crippen molar-refractivity contribution in [3.63, 3.8) is 0 Å². The predicted molar refractivity (Wildman–Crippen MR) is 237 cm³/mol. The van der Waals surface area contributed by atoms with Crippen molar-refractivity contribution >= 4 is 0 Å². The Morgan fingerprint density at radius 1 is 0.423 bits per heavy atom. The summed E-state index contributed by atoms with van der Waals surface area (Å²) in [6.07, 6.45) is 2.62. The molecule has 15 heteroatoms. The molecular formula is C37H122O11Y4. The molecule has 4 radical (unpaired) electrons. The van der Waals surface area contributed by atoms with Gasteiger partial charge in [-0.25, -0.2) is 0 Å². The van der Waals surface area contributed by atoms with E-state index in [0.29, 0.717) is 25.0 Å². The normalized spacial score (nSPS) is 9.46. The van der Waals surface area contributed by atoms with Crippen LogP contribution >= 0.6 is 0 Å². The van der Waals surface area contributed by atoms with E-state index in [1.807, 2.05) is 0 Å². The molecule has 0 aromatic carbocycles. The van der Waals surface area contributed by atoms with Crippen molar-refractivity contribution in [2.45, 2.75) is 199 Å². The van der Waals surface area contributed by atoms with Crippen LogP contribution in [-0.4, -0.2) is 124 Å². The van der Waals surface area contributed by atoms with Crippen molar-refractivity contribution in [2.75, 3.05) is 60.2 Å². The van der Waals surface area contributed by atoms with Crippen LogP contribution in [0.25, 0.3) is 0 Å². The number of hydrogen-bond donors (Lipinski definition) is 9. The molecule has 0 aliphatic carbocycles.